The highest BCUT2D eigenvalue weighted by Crippen LogP contribution is 2.40. The molecule has 0 radical (unpaired) electrons. The first kappa shape index (κ1) is 31.9. The molecule has 1 N–H and O–H groups in total. The third-order valence-corrected chi connectivity index (χ3v) is 8.13. The molecule has 5 rings (SSSR count). The van der Waals surface area contributed by atoms with Gasteiger partial charge in [-0.15, -0.1) is 0 Å². The topological polar surface area (TPSA) is 74.1 Å². The van der Waals surface area contributed by atoms with E-state index in [0.29, 0.717) is 42.2 Å². The number of nitrogens with zero attached hydrogens (tertiary/aromatic N) is 3. The van der Waals surface area contributed by atoms with Crippen LogP contribution < -0.4 is 5.32 Å². The molecule has 1 saturated heterocycles. The van der Waals surface area contributed by atoms with Crippen LogP contribution in [0.25, 0.3) is 0 Å². The van der Waals surface area contributed by atoms with Gasteiger partial charge in [-0.05, 0) is 72.9 Å². The summed E-state index contributed by atoms with van der Waals surface area (Å²) in [5.74, 6) is -1.34. The van der Waals surface area contributed by atoms with Crippen LogP contribution in [0.2, 0.25) is 0 Å². The minimum Gasteiger partial charge on any atom is -0.340 e. The average Bonchev–Trinajstić information content (AvgIpc) is 3.45. The Morgan fingerprint density at radius 2 is 1.47 bits per heavy atom. The zero-order chi connectivity index (χ0) is 32.6. The van der Waals surface area contributed by atoms with Crippen LogP contribution in [0.4, 0.5) is 30.7 Å². The first-order valence-electron chi connectivity index (χ1n) is 14.0. The van der Waals surface area contributed by atoms with Crippen molar-refractivity contribution in [3.63, 3.8) is 0 Å². The maximum Gasteiger partial charge on any atom is 0.416 e. The van der Waals surface area contributed by atoms with Crippen LogP contribution in [0.15, 0.2) is 82.8 Å². The first-order chi connectivity index (χ1) is 21.2. The molecule has 2 aliphatic rings. The fourth-order valence-electron chi connectivity index (χ4n) is 5.59. The Balaban J connectivity index is 1.37. The van der Waals surface area contributed by atoms with Crippen LogP contribution in [0.1, 0.15) is 58.4 Å². The Kier molecular flexibility index (Phi) is 8.56. The van der Waals surface area contributed by atoms with Crippen molar-refractivity contribution in [3.05, 3.63) is 106 Å². The van der Waals surface area contributed by atoms with Gasteiger partial charge in [0.1, 0.15) is 11.7 Å². The number of aliphatic imine (C=N–C) groups is 2. The molecule has 1 fully saturated rings. The standard InChI is InChI=1S/C32H27F7N4O2/c1-19-40-18-26(41-19)20-2-4-22(5-3-20)28(44)43-16-14-30(15-17-43,23-10-12-25(33)13-11-23)29(45)42-27(32(37,38)39)21-6-8-24(9-7-21)31(34,35)36/h2-13,27H,14-18H2,1H3,(H,42,45). The number of amides is 2. The molecule has 1 unspecified atom stereocenters. The summed E-state index contributed by atoms with van der Waals surface area (Å²) in [6.07, 6.45) is -9.97. The van der Waals surface area contributed by atoms with E-state index >= 15 is 0 Å². The molecule has 13 heteroatoms. The van der Waals surface area contributed by atoms with Crippen molar-refractivity contribution >= 4 is 23.4 Å². The quantitative estimate of drug-likeness (QED) is 0.309. The largest absolute Gasteiger partial charge is 0.416 e. The number of rotatable bonds is 6. The van der Waals surface area contributed by atoms with Crippen LogP contribution in [0.5, 0.6) is 0 Å². The second kappa shape index (κ2) is 12.1. The predicted octanol–water partition coefficient (Wildman–Crippen LogP) is 6.66. The van der Waals surface area contributed by atoms with Gasteiger partial charge in [0.2, 0.25) is 5.91 Å². The Morgan fingerprint density at radius 1 is 0.867 bits per heavy atom. The number of benzene rings is 3. The second-order valence-corrected chi connectivity index (χ2v) is 10.9. The minimum absolute atomic E-state index is 0.00207. The van der Waals surface area contributed by atoms with Crippen molar-refractivity contribution < 1.29 is 40.3 Å². The molecule has 0 saturated carbocycles. The van der Waals surface area contributed by atoms with Crippen molar-refractivity contribution in [2.75, 3.05) is 19.6 Å². The molecule has 0 spiro atoms. The first-order valence-corrected chi connectivity index (χ1v) is 14.0. The van der Waals surface area contributed by atoms with Crippen molar-refractivity contribution in [2.24, 2.45) is 9.98 Å². The number of piperidine rings is 1. The van der Waals surface area contributed by atoms with E-state index in [1.54, 1.807) is 31.2 Å². The van der Waals surface area contributed by atoms with Crippen molar-refractivity contribution in [3.8, 4) is 0 Å². The number of hydrogen-bond donors (Lipinski definition) is 1. The lowest BCUT2D eigenvalue weighted by molar-refractivity contribution is -0.165. The fourth-order valence-corrected chi connectivity index (χ4v) is 5.59. The maximum absolute atomic E-state index is 14.2. The molecule has 1 atom stereocenters. The predicted molar refractivity (Wildman–Crippen MR) is 153 cm³/mol. The molecule has 2 amide bonds. The summed E-state index contributed by atoms with van der Waals surface area (Å²) in [6.45, 7) is 2.22. The third-order valence-electron chi connectivity index (χ3n) is 8.13. The Hall–Kier alpha value is -4.55. The number of nitrogens with one attached hydrogen (secondary N) is 1. The van der Waals surface area contributed by atoms with Crippen LogP contribution in [-0.2, 0) is 16.4 Å². The number of halogens is 7. The van der Waals surface area contributed by atoms with Gasteiger partial charge >= 0.3 is 12.4 Å². The van der Waals surface area contributed by atoms with E-state index < -0.39 is 46.7 Å². The van der Waals surface area contributed by atoms with Crippen LogP contribution >= 0.6 is 0 Å². The zero-order valence-corrected chi connectivity index (χ0v) is 23.8. The highest BCUT2D eigenvalue weighted by molar-refractivity contribution is 6.12. The Bertz CT molecular complexity index is 1620. The molecule has 3 aromatic rings. The number of alkyl halides is 6. The molecule has 2 heterocycles. The molecule has 2 aliphatic heterocycles. The van der Waals surface area contributed by atoms with Crippen molar-refractivity contribution in [1.82, 2.24) is 10.2 Å². The Labute approximate surface area is 253 Å². The van der Waals surface area contributed by atoms with E-state index in [1.807, 2.05) is 5.32 Å². The van der Waals surface area contributed by atoms with E-state index in [1.165, 1.54) is 17.0 Å². The van der Waals surface area contributed by atoms with Gasteiger partial charge in [0, 0.05) is 18.7 Å². The molecule has 0 aliphatic carbocycles. The molecule has 45 heavy (non-hydrogen) atoms. The normalized spacial score (nSPS) is 17.4. The van der Waals surface area contributed by atoms with E-state index in [4.69, 9.17) is 0 Å². The fraction of sp³-hybridized carbons (Fsp3) is 0.312. The molecule has 0 bridgehead atoms. The van der Waals surface area contributed by atoms with E-state index in [2.05, 4.69) is 9.98 Å². The van der Waals surface area contributed by atoms with E-state index in [9.17, 15) is 40.3 Å². The summed E-state index contributed by atoms with van der Waals surface area (Å²) in [5, 5.41) is 2.00. The summed E-state index contributed by atoms with van der Waals surface area (Å²) in [7, 11) is 0. The highest BCUT2D eigenvalue weighted by Gasteiger charge is 2.49. The van der Waals surface area contributed by atoms with Crippen molar-refractivity contribution in [2.45, 2.75) is 43.6 Å². The summed E-state index contributed by atoms with van der Waals surface area (Å²) >= 11 is 0. The van der Waals surface area contributed by atoms with Crippen molar-refractivity contribution in [1.29, 1.82) is 0 Å². The molecule has 236 valence electrons. The molecular weight excluding hydrogens is 605 g/mol. The smallest absolute Gasteiger partial charge is 0.340 e. The monoisotopic (exact) mass is 632 g/mol. The van der Waals surface area contributed by atoms with Gasteiger partial charge in [0.05, 0.1) is 23.2 Å². The van der Waals surface area contributed by atoms with Gasteiger partial charge in [-0.2, -0.15) is 26.3 Å². The lowest BCUT2D eigenvalue weighted by Gasteiger charge is -2.42. The van der Waals surface area contributed by atoms with Gasteiger partial charge < -0.3 is 10.2 Å². The number of carbonyl (C=O) groups excluding carboxylic acids is 2. The third kappa shape index (κ3) is 6.76. The summed E-state index contributed by atoms with van der Waals surface area (Å²) in [4.78, 5) is 37.2. The average molecular weight is 633 g/mol. The number of likely N-dealkylation sites (tertiary alicyclic amines) is 1. The van der Waals surface area contributed by atoms with Crippen LogP contribution in [0, 0.1) is 5.82 Å². The van der Waals surface area contributed by atoms with Gasteiger partial charge in [-0.1, -0.05) is 36.4 Å². The molecule has 3 aromatic carbocycles. The SMILES string of the molecule is CC1=NCC(c2ccc(C(=O)N3CCC(C(=O)NC(c4ccc(C(F)(F)F)cc4)C(F)(F)F)(c4ccc(F)cc4)CC3)cc2)=N1. The number of hydrogen-bond acceptors (Lipinski definition) is 4. The molecule has 6 nitrogen and oxygen atoms in total. The molecule has 0 aromatic heterocycles. The lowest BCUT2D eigenvalue weighted by atomic mass is 9.71. The molecular formula is C32H27F7N4O2. The summed E-state index contributed by atoms with van der Waals surface area (Å²) in [6, 6.07) is 11.3. The maximum atomic E-state index is 14.2. The van der Waals surface area contributed by atoms with Crippen LogP contribution in [-0.4, -0.2) is 54.1 Å². The van der Waals surface area contributed by atoms with Crippen LogP contribution in [0.3, 0.4) is 0 Å². The number of amidine groups is 1. The lowest BCUT2D eigenvalue weighted by Crippen LogP contribution is -2.54. The van der Waals surface area contributed by atoms with Gasteiger partial charge in [-0.3, -0.25) is 14.6 Å². The Morgan fingerprint density at radius 3 is 1.98 bits per heavy atom. The highest BCUT2D eigenvalue weighted by atomic mass is 19.4. The van der Waals surface area contributed by atoms with Gasteiger partial charge in [0.25, 0.3) is 5.91 Å². The van der Waals surface area contributed by atoms with Gasteiger partial charge in [0.15, 0.2) is 6.04 Å². The second-order valence-electron chi connectivity index (χ2n) is 10.9. The summed E-state index contributed by atoms with van der Waals surface area (Å²) < 4.78 is 95.4. The number of carbonyl (C=O) groups is 2. The van der Waals surface area contributed by atoms with E-state index in [-0.39, 0.29) is 37.4 Å². The summed E-state index contributed by atoms with van der Waals surface area (Å²) in [5.41, 5.74) is -1.10. The van der Waals surface area contributed by atoms with E-state index in [0.717, 1.165) is 23.4 Å². The minimum atomic E-state index is -5.04. The van der Waals surface area contributed by atoms with Gasteiger partial charge in [-0.25, -0.2) is 9.38 Å². The zero-order valence-electron chi connectivity index (χ0n) is 23.8.